The largest absolute Gasteiger partial charge is 0.449 e. The van der Waals surface area contributed by atoms with Gasteiger partial charge in [0.05, 0.1) is 10.9 Å². The number of H-pyrrole nitrogens is 1. The fourth-order valence-electron chi connectivity index (χ4n) is 2.65. The number of carbonyl (C=O) groups is 1. The van der Waals surface area contributed by atoms with Crippen molar-refractivity contribution < 1.29 is 13.9 Å². The molecule has 124 valence electrons. The molecule has 0 aliphatic carbocycles. The highest BCUT2D eigenvalue weighted by Gasteiger charge is 2.19. The molecular formula is C19H14N2O4. The Morgan fingerprint density at radius 1 is 1.16 bits per heavy atom. The Hall–Kier alpha value is -3.41. The lowest BCUT2D eigenvalue weighted by Gasteiger charge is -2.12. The van der Waals surface area contributed by atoms with E-state index in [1.807, 2.05) is 18.2 Å². The van der Waals surface area contributed by atoms with Crippen LogP contribution in [-0.2, 0) is 4.74 Å². The van der Waals surface area contributed by atoms with E-state index in [0.29, 0.717) is 16.5 Å². The predicted octanol–water partition coefficient (Wildman–Crippen LogP) is 3.59. The highest BCUT2D eigenvalue weighted by Crippen LogP contribution is 2.22. The molecule has 0 fully saturated rings. The number of aromatic nitrogens is 2. The van der Waals surface area contributed by atoms with Crippen LogP contribution in [0.2, 0.25) is 0 Å². The number of hydrogen-bond donors (Lipinski definition) is 1. The Kier molecular flexibility index (Phi) is 3.57. The molecule has 4 aromatic rings. The van der Waals surface area contributed by atoms with E-state index in [0.717, 1.165) is 5.39 Å². The van der Waals surface area contributed by atoms with Crippen molar-refractivity contribution in [2.75, 3.05) is 0 Å². The van der Waals surface area contributed by atoms with E-state index < -0.39 is 12.1 Å². The molecule has 0 amide bonds. The van der Waals surface area contributed by atoms with Gasteiger partial charge in [-0.3, -0.25) is 4.79 Å². The lowest BCUT2D eigenvalue weighted by atomic mass is 10.2. The van der Waals surface area contributed by atoms with Gasteiger partial charge in [-0.25, -0.2) is 9.78 Å². The Labute approximate surface area is 142 Å². The summed E-state index contributed by atoms with van der Waals surface area (Å²) in [6.45, 7) is 1.65. The number of rotatable bonds is 3. The second-order valence-corrected chi connectivity index (χ2v) is 5.66. The summed E-state index contributed by atoms with van der Waals surface area (Å²) in [5.74, 6) is -0.219. The highest BCUT2D eigenvalue weighted by molar-refractivity contribution is 5.92. The second kappa shape index (κ2) is 5.90. The molecule has 2 aromatic carbocycles. The third-order valence-electron chi connectivity index (χ3n) is 3.93. The number of nitrogens with one attached hydrogen (secondary N) is 1. The summed E-state index contributed by atoms with van der Waals surface area (Å²) >= 11 is 0. The van der Waals surface area contributed by atoms with Gasteiger partial charge in [0.2, 0.25) is 5.76 Å². The van der Waals surface area contributed by atoms with Gasteiger partial charge >= 0.3 is 5.97 Å². The number of esters is 1. The molecule has 6 nitrogen and oxygen atoms in total. The summed E-state index contributed by atoms with van der Waals surface area (Å²) in [6.07, 6.45) is -0.724. The number of nitrogens with zero attached hydrogens (tertiary/aromatic N) is 1. The fourth-order valence-corrected chi connectivity index (χ4v) is 2.65. The van der Waals surface area contributed by atoms with Gasteiger partial charge in [-0.1, -0.05) is 30.3 Å². The minimum absolute atomic E-state index is 0.108. The third kappa shape index (κ3) is 2.78. The number of benzene rings is 2. The van der Waals surface area contributed by atoms with Gasteiger partial charge in [0, 0.05) is 5.39 Å². The van der Waals surface area contributed by atoms with E-state index in [2.05, 4.69) is 9.97 Å². The molecule has 0 saturated heterocycles. The zero-order valence-corrected chi connectivity index (χ0v) is 13.4. The van der Waals surface area contributed by atoms with Crippen molar-refractivity contribution in [3.8, 4) is 0 Å². The predicted molar refractivity (Wildman–Crippen MR) is 92.4 cm³/mol. The van der Waals surface area contributed by atoms with Gasteiger partial charge in [-0.15, -0.1) is 0 Å². The standard InChI is InChI=1S/C19H14N2O4/c1-11(17-20-14-8-4-3-7-13(14)18(22)21-17)24-19(23)16-10-12-6-2-5-9-15(12)25-16/h2-11H,1H3,(H,20,21,22)/t11-/m1/s1. The molecule has 0 aliphatic rings. The van der Waals surface area contributed by atoms with Gasteiger partial charge in [-0.05, 0) is 31.2 Å². The number of carbonyl (C=O) groups excluding carboxylic acids is 1. The minimum Gasteiger partial charge on any atom is -0.449 e. The van der Waals surface area contributed by atoms with Gasteiger partial charge in [0.1, 0.15) is 5.58 Å². The number of aromatic amines is 1. The van der Waals surface area contributed by atoms with Crippen LogP contribution in [0.1, 0.15) is 29.4 Å². The molecule has 0 aliphatic heterocycles. The van der Waals surface area contributed by atoms with Gasteiger partial charge in [0.25, 0.3) is 5.56 Å². The summed E-state index contributed by atoms with van der Waals surface area (Å²) in [7, 11) is 0. The number of ether oxygens (including phenoxy) is 1. The Morgan fingerprint density at radius 3 is 2.76 bits per heavy atom. The van der Waals surface area contributed by atoms with E-state index in [-0.39, 0.29) is 17.1 Å². The van der Waals surface area contributed by atoms with Crippen LogP contribution in [0.15, 0.2) is 63.8 Å². The smallest absolute Gasteiger partial charge is 0.374 e. The topological polar surface area (TPSA) is 85.2 Å². The van der Waals surface area contributed by atoms with Crippen LogP contribution >= 0.6 is 0 Å². The quantitative estimate of drug-likeness (QED) is 0.579. The summed E-state index contributed by atoms with van der Waals surface area (Å²) in [5.41, 5.74) is 0.888. The normalized spacial score (nSPS) is 12.4. The number of furan rings is 1. The first-order valence-electron chi connectivity index (χ1n) is 7.80. The number of fused-ring (bicyclic) bond motifs is 2. The molecule has 1 atom stereocenters. The Morgan fingerprint density at radius 2 is 1.92 bits per heavy atom. The van der Waals surface area contributed by atoms with E-state index >= 15 is 0 Å². The SMILES string of the molecule is C[C@@H](OC(=O)c1cc2ccccc2o1)c1nc2ccccc2c(=O)[nH]1. The molecule has 6 heteroatoms. The van der Waals surface area contributed by atoms with Crippen molar-refractivity contribution >= 4 is 27.8 Å². The van der Waals surface area contributed by atoms with E-state index in [9.17, 15) is 9.59 Å². The summed E-state index contributed by atoms with van der Waals surface area (Å²) in [4.78, 5) is 31.5. The second-order valence-electron chi connectivity index (χ2n) is 5.66. The Bertz CT molecular complexity index is 1110. The van der Waals surface area contributed by atoms with Gasteiger partial charge in [-0.2, -0.15) is 0 Å². The van der Waals surface area contributed by atoms with Crippen molar-refractivity contribution in [1.29, 1.82) is 0 Å². The van der Waals surface area contributed by atoms with Crippen LogP contribution in [0.5, 0.6) is 0 Å². The monoisotopic (exact) mass is 334 g/mol. The van der Waals surface area contributed by atoms with Crippen LogP contribution < -0.4 is 5.56 Å². The number of hydrogen-bond acceptors (Lipinski definition) is 5. The number of para-hydroxylation sites is 2. The molecule has 0 spiro atoms. The average molecular weight is 334 g/mol. The van der Waals surface area contributed by atoms with Gasteiger partial charge in [0.15, 0.2) is 11.9 Å². The zero-order chi connectivity index (χ0) is 17.4. The molecule has 25 heavy (non-hydrogen) atoms. The van der Waals surface area contributed by atoms with Crippen molar-refractivity contribution in [1.82, 2.24) is 9.97 Å². The summed E-state index contributed by atoms with van der Waals surface area (Å²) in [6, 6.07) is 15.9. The first-order chi connectivity index (χ1) is 12.1. The molecule has 0 radical (unpaired) electrons. The lowest BCUT2D eigenvalue weighted by Crippen LogP contribution is -2.17. The van der Waals surface area contributed by atoms with Crippen LogP contribution in [0.3, 0.4) is 0 Å². The minimum atomic E-state index is -0.724. The molecule has 4 rings (SSSR count). The third-order valence-corrected chi connectivity index (χ3v) is 3.93. The maximum absolute atomic E-state index is 12.3. The molecular weight excluding hydrogens is 320 g/mol. The molecule has 2 heterocycles. The molecule has 0 bridgehead atoms. The van der Waals surface area contributed by atoms with Crippen LogP contribution in [0.4, 0.5) is 0 Å². The van der Waals surface area contributed by atoms with Crippen LogP contribution in [0, 0.1) is 0 Å². The van der Waals surface area contributed by atoms with Gasteiger partial charge < -0.3 is 14.1 Å². The van der Waals surface area contributed by atoms with Crippen molar-refractivity contribution in [2.45, 2.75) is 13.0 Å². The maximum Gasteiger partial charge on any atom is 0.374 e. The van der Waals surface area contributed by atoms with Crippen molar-refractivity contribution in [2.24, 2.45) is 0 Å². The molecule has 1 N–H and O–H groups in total. The van der Waals surface area contributed by atoms with Crippen molar-refractivity contribution in [3.05, 3.63) is 76.5 Å². The fraction of sp³-hybridized carbons (Fsp3) is 0.105. The summed E-state index contributed by atoms with van der Waals surface area (Å²) in [5, 5.41) is 1.31. The molecule has 0 unspecified atom stereocenters. The lowest BCUT2D eigenvalue weighted by molar-refractivity contribution is 0.0286. The molecule has 0 saturated carbocycles. The Balaban J connectivity index is 1.62. The van der Waals surface area contributed by atoms with E-state index in [1.165, 1.54) is 0 Å². The molecule has 2 aromatic heterocycles. The summed E-state index contributed by atoms with van der Waals surface area (Å²) < 4.78 is 10.9. The zero-order valence-electron chi connectivity index (χ0n) is 13.4. The van der Waals surface area contributed by atoms with Crippen molar-refractivity contribution in [3.63, 3.8) is 0 Å². The average Bonchev–Trinajstić information content (AvgIpc) is 3.06. The maximum atomic E-state index is 12.3. The first-order valence-corrected chi connectivity index (χ1v) is 7.80. The first kappa shape index (κ1) is 15.1. The van der Waals surface area contributed by atoms with Crippen LogP contribution in [0.25, 0.3) is 21.9 Å². The van der Waals surface area contributed by atoms with E-state index in [4.69, 9.17) is 9.15 Å². The van der Waals surface area contributed by atoms with Crippen LogP contribution in [-0.4, -0.2) is 15.9 Å². The highest BCUT2D eigenvalue weighted by atomic mass is 16.6. The van der Waals surface area contributed by atoms with E-state index in [1.54, 1.807) is 43.3 Å².